The monoisotopic (exact) mass is 614 g/mol. The second-order valence-electron chi connectivity index (χ2n) is 12.9. The Morgan fingerprint density at radius 1 is 0.848 bits per heavy atom. The Balaban J connectivity index is 1.23. The molecule has 0 radical (unpaired) electrons. The molecule has 11 nitrogen and oxygen atoms in total. The topological polar surface area (TPSA) is 139 Å². The summed E-state index contributed by atoms with van der Waals surface area (Å²) in [4.78, 5) is 68.5. The minimum absolute atomic E-state index is 0.0139. The number of hydrogen-bond donors (Lipinski definition) is 0. The average molecular weight is 615 g/mol. The van der Waals surface area contributed by atoms with Crippen LogP contribution in [0.4, 0.5) is 11.4 Å². The highest BCUT2D eigenvalue weighted by Gasteiger charge is 2.68. The molecule has 4 bridgehead atoms. The molecule has 2 saturated heterocycles. The lowest BCUT2D eigenvalue weighted by atomic mass is 9.47. The van der Waals surface area contributed by atoms with E-state index in [0.717, 1.165) is 38.6 Å². The fourth-order valence-corrected chi connectivity index (χ4v) is 9.40. The molecule has 0 unspecified atom stereocenters. The van der Waals surface area contributed by atoms with Crippen molar-refractivity contribution in [3.63, 3.8) is 0 Å². The van der Waals surface area contributed by atoms with E-state index in [1.165, 1.54) is 25.3 Å². The molecular weight excluding hydrogens is 588 g/mol. The first-order chi connectivity index (χ1) is 22.3. The molecule has 46 heavy (non-hydrogen) atoms. The van der Waals surface area contributed by atoms with Crippen LogP contribution in [0.3, 0.4) is 0 Å². The normalized spacial score (nSPS) is 32.8. The molecule has 5 aliphatic carbocycles. The number of amides is 4. The number of nitro groups is 1. The Kier molecular flexibility index (Phi) is 5.30. The van der Waals surface area contributed by atoms with Gasteiger partial charge in [0.1, 0.15) is 5.75 Å². The molecule has 10 rings (SSSR count). The highest BCUT2D eigenvalue weighted by molar-refractivity contribution is 6.25. The maximum atomic E-state index is 14.7. The van der Waals surface area contributed by atoms with Gasteiger partial charge in [0, 0.05) is 18.2 Å². The Morgan fingerprint density at radius 3 is 2.04 bits per heavy atom. The smallest absolute Gasteiger partial charge is 0.273 e. The van der Waals surface area contributed by atoms with Crippen molar-refractivity contribution in [2.45, 2.75) is 17.8 Å². The quantitative estimate of drug-likeness (QED) is 0.139. The van der Waals surface area contributed by atoms with E-state index in [1.54, 1.807) is 6.21 Å². The van der Waals surface area contributed by atoms with Gasteiger partial charge in [0.25, 0.3) is 17.5 Å². The molecule has 0 aromatic heterocycles. The number of fused-ring (bicyclic) bond motifs is 5. The highest BCUT2D eigenvalue weighted by atomic mass is 16.6. The number of methoxy groups -OCH3 is 1. The second-order valence-corrected chi connectivity index (χ2v) is 12.9. The lowest BCUT2D eigenvalue weighted by Crippen LogP contribution is -2.55. The van der Waals surface area contributed by atoms with E-state index in [4.69, 9.17) is 4.74 Å². The van der Waals surface area contributed by atoms with Gasteiger partial charge >= 0.3 is 0 Å². The molecule has 1 saturated carbocycles. The van der Waals surface area contributed by atoms with Crippen LogP contribution in [0.2, 0.25) is 0 Å². The van der Waals surface area contributed by atoms with Gasteiger partial charge < -0.3 is 4.74 Å². The molecule has 3 aromatic rings. The van der Waals surface area contributed by atoms with Gasteiger partial charge in [0.15, 0.2) is 0 Å². The van der Waals surface area contributed by atoms with E-state index >= 15 is 0 Å². The van der Waals surface area contributed by atoms with Crippen LogP contribution in [0.1, 0.15) is 34.6 Å². The maximum Gasteiger partial charge on any atom is 0.273 e. The van der Waals surface area contributed by atoms with Gasteiger partial charge in [-0.25, -0.2) is 4.90 Å². The lowest BCUT2D eigenvalue weighted by molar-refractivity contribution is -0.384. The largest absolute Gasteiger partial charge is 0.494 e. The van der Waals surface area contributed by atoms with Crippen LogP contribution in [-0.4, -0.2) is 46.9 Å². The van der Waals surface area contributed by atoms with Crippen molar-refractivity contribution in [3.05, 3.63) is 111 Å². The van der Waals surface area contributed by atoms with Crippen molar-refractivity contribution >= 4 is 41.2 Å². The van der Waals surface area contributed by atoms with E-state index in [9.17, 15) is 29.3 Å². The summed E-state index contributed by atoms with van der Waals surface area (Å²) in [6.45, 7) is 0. The first-order valence-electron chi connectivity index (χ1n) is 15.3. The van der Waals surface area contributed by atoms with E-state index in [0.29, 0.717) is 0 Å². The lowest BCUT2D eigenvalue weighted by Gasteiger charge is -2.52. The fraction of sp³-hybridized carbons (Fsp3) is 0.286. The van der Waals surface area contributed by atoms with Gasteiger partial charge in [-0.15, -0.1) is 0 Å². The van der Waals surface area contributed by atoms with Gasteiger partial charge in [0.2, 0.25) is 11.8 Å². The Labute approximate surface area is 262 Å². The number of nitrogens with zero attached hydrogens (tertiary/aromatic N) is 4. The molecule has 11 heteroatoms. The van der Waals surface area contributed by atoms with Crippen molar-refractivity contribution in [3.8, 4) is 5.75 Å². The Bertz CT molecular complexity index is 1940. The van der Waals surface area contributed by atoms with Gasteiger partial charge in [-0.1, -0.05) is 60.7 Å². The number of ether oxygens (including phenoxy) is 1. The molecule has 4 amide bonds. The summed E-state index contributed by atoms with van der Waals surface area (Å²) in [5.74, 6) is -4.74. The highest BCUT2D eigenvalue weighted by Crippen LogP contribution is 2.64. The third-order valence-corrected chi connectivity index (χ3v) is 11.1. The van der Waals surface area contributed by atoms with E-state index in [2.05, 4.69) is 5.10 Å². The van der Waals surface area contributed by atoms with E-state index in [1.807, 2.05) is 60.7 Å². The Hall–Kier alpha value is -5.45. The molecule has 2 heterocycles. The SMILES string of the molecule is COc1cc([N+](=O)[O-])ccc1N1C(=O)[C@@H]2C3c4ccccc4C(/C=N\N4C(=O)[C@H]5[C@H](C4=O)[C@H]4C=C[C@H]5C4)(c4ccccc43)[C@@H]2C1=O. The van der Waals surface area contributed by atoms with Gasteiger partial charge in [0.05, 0.1) is 52.9 Å². The summed E-state index contributed by atoms with van der Waals surface area (Å²) >= 11 is 0. The van der Waals surface area contributed by atoms with Crippen LogP contribution in [0.15, 0.2) is 84.0 Å². The van der Waals surface area contributed by atoms with Crippen molar-refractivity contribution in [2.24, 2.45) is 40.6 Å². The zero-order chi connectivity index (χ0) is 31.6. The second kappa shape index (κ2) is 9.06. The standard InChI is InChI=1S/C35H26N4O7/c1-46-25-15-19(39(44)45)12-13-24(25)37-31(40)29-28-20-6-2-4-8-22(20)35(30(29)34(37)43,23-9-5-3-7-21(23)28)16-36-38-32(41)26-17-10-11-18(14-17)27(26)33(38)42/h2-13,15-18,26-30H,14H2,1H3/b36-16-/t17-,18-,26+,27+,28?,29+,30-,35?/m0/s1. The molecule has 0 spiro atoms. The number of allylic oxidation sites excluding steroid dienone is 2. The summed E-state index contributed by atoms with van der Waals surface area (Å²) in [6.07, 6.45) is 6.38. The van der Waals surface area contributed by atoms with Gasteiger partial charge in [-0.3, -0.25) is 29.3 Å². The number of non-ortho nitro benzene ring substituents is 1. The minimum atomic E-state index is -1.29. The van der Waals surface area contributed by atoms with E-state index < -0.39 is 51.7 Å². The third kappa shape index (κ3) is 3.09. The number of hydrogen-bond acceptors (Lipinski definition) is 8. The molecule has 3 aromatic carbocycles. The first-order valence-corrected chi connectivity index (χ1v) is 15.3. The Morgan fingerprint density at radius 2 is 1.46 bits per heavy atom. The first kappa shape index (κ1) is 26.9. The average Bonchev–Trinajstić information content (AvgIpc) is 3.82. The van der Waals surface area contributed by atoms with Crippen LogP contribution in [0, 0.1) is 45.6 Å². The number of carbonyl (C=O) groups excluding carboxylic acids is 4. The van der Waals surface area contributed by atoms with Crippen LogP contribution in [-0.2, 0) is 24.6 Å². The summed E-state index contributed by atoms with van der Waals surface area (Å²) < 4.78 is 5.45. The van der Waals surface area contributed by atoms with E-state index in [-0.39, 0.29) is 40.8 Å². The van der Waals surface area contributed by atoms with Crippen molar-refractivity contribution in [1.82, 2.24) is 5.01 Å². The molecule has 0 N–H and O–H groups in total. The van der Waals surface area contributed by atoms with Crippen LogP contribution >= 0.6 is 0 Å². The number of anilines is 1. The van der Waals surface area contributed by atoms with Crippen molar-refractivity contribution in [2.75, 3.05) is 12.0 Å². The zero-order valence-corrected chi connectivity index (χ0v) is 24.5. The number of hydrazone groups is 1. The summed E-state index contributed by atoms with van der Waals surface area (Å²) in [5.41, 5.74) is 1.87. The van der Waals surface area contributed by atoms with Gasteiger partial charge in [-0.05, 0) is 46.6 Å². The number of carbonyl (C=O) groups is 4. The molecule has 3 fully saturated rings. The number of nitro benzene ring substituents is 1. The van der Waals surface area contributed by atoms with Crippen LogP contribution < -0.4 is 9.64 Å². The molecule has 228 valence electrons. The van der Waals surface area contributed by atoms with Crippen LogP contribution in [0.5, 0.6) is 5.75 Å². The summed E-state index contributed by atoms with van der Waals surface area (Å²) in [7, 11) is 1.32. The maximum absolute atomic E-state index is 14.7. The number of rotatable bonds is 5. The summed E-state index contributed by atoms with van der Waals surface area (Å²) in [6, 6.07) is 19.0. The molecular formula is C35H26N4O7. The van der Waals surface area contributed by atoms with Crippen LogP contribution in [0.25, 0.3) is 0 Å². The molecule has 2 aliphatic heterocycles. The molecule has 7 aliphatic rings. The minimum Gasteiger partial charge on any atom is -0.494 e. The zero-order valence-electron chi connectivity index (χ0n) is 24.5. The van der Waals surface area contributed by atoms with Gasteiger partial charge in [-0.2, -0.15) is 10.1 Å². The fourth-order valence-electron chi connectivity index (χ4n) is 9.40. The summed E-state index contributed by atoms with van der Waals surface area (Å²) in [5, 5.41) is 17.1. The predicted molar refractivity (Wildman–Crippen MR) is 163 cm³/mol. The molecule has 6 atom stereocenters. The van der Waals surface area contributed by atoms with Crippen molar-refractivity contribution < 1.29 is 28.8 Å². The predicted octanol–water partition coefficient (Wildman–Crippen LogP) is 3.95. The number of benzene rings is 3. The third-order valence-electron chi connectivity index (χ3n) is 11.1. The number of imide groups is 2. The van der Waals surface area contributed by atoms with Crippen molar-refractivity contribution in [1.29, 1.82) is 0 Å².